The molecule has 1 aliphatic rings. The summed E-state index contributed by atoms with van der Waals surface area (Å²) in [4.78, 5) is 11.6. The van der Waals surface area contributed by atoms with Crippen LogP contribution in [0.2, 0.25) is 0 Å². The molecule has 6 nitrogen and oxygen atoms in total. The number of hydrogen-bond donors (Lipinski definition) is 1. The molecule has 84 valence electrons. The van der Waals surface area contributed by atoms with Gasteiger partial charge in [0.2, 0.25) is 0 Å². The Hall–Kier alpha value is -1.47. The van der Waals surface area contributed by atoms with Gasteiger partial charge < -0.3 is 4.90 Å². The van der Waals surface area contributed by atoms with Crippen LogP contribution in [0.3, 0.4) is 0 Å². The highest BCUT2D eigenvalue weighted by molar-refractivity contribution is 7.85. The highest BCUT2D eigenvalue weighted by Gasteiger charge is 1.98. The van der Waals surface area contributed by atoms with Crippen molar-refractivity contribution in [3.63, 3.8) is 0 Å². The van der Waals surface area contributed by atoms with Gasteiger partial charge in [-0.3, -0.25) is 4.55 Å². The summed E-state index contributed by atoms with van der Waals surface area (Å²) in [6, 6.07) is 0. The van der Waals surface area contributed by atoms with Gasteiger partial charge in [0.05, 0.1) is 18.2 Å². The van der Waals surface area contributed by atoms with Crippen LogP contribution in [0.15, 0.2) is 41.5 Å². The van der Waals surface area contributed by atoms with E-state index in [1.165, 1.54) is 6.20 Å². The van der Waals surface area contributed by atoms with Gasteiger partial charge in [-0.15, -0.1) is 4.91 Å². The molecule has 0 amide bonds. The van der Waals surface area contributed by atoms with Crippen molar-refractivity contribution in [2.24, 2.45) is 5.18 Å². The van der Waals surface area contributed by atoms with Crippen LogP contribution in [0, 0.1) is 4.91 Å². The maximum absolute atomic E-state index is 9.81. The molecular formula is C8H12N2O4S. The summed E-state index contributed by atoms with van der Waals surface area (Å²) >= 11 is 0. The predicted octanol–water partition coefficient (Wildman–Crippen LogP) is 1.11. The Morgan fingerprint density at radius 1 is 1.47 bits per heavy atom. The molecule has 0 saturated heterocycles. The van der Waals surface area contributed by atoms with Crippen molar-refractivity contribution in [3.8, 4) is 0 Å². The van der Waals surface area contributed by atoms with Crippen LogP contribution >= 0.6 is 0 Å². The van der Waals surface area contributed by atoms with Gasteiger partial charge in [-0.25, -0.2) is 0 Å². The van der Waals surface area contributed by atoms with Gasteiger partial charge in [0.25, 0.3) is 10.1 Å². The first-order valence-corrected chi connectivity index (χ1v) is 5.72. The van der Waals surface area contributed by atoms with Gasteiger partial charge in [-0.2, -0.15) is 8.42 Å². The lowest BCUT2D eigenvalue weighted by Gasteiger charge is -2.15. The minimum atomic E-state index is -3.67. The summed E-state index contributed by atoms with van der Waals surface area (Å²) in [6.07, 6.45) is 9.42. The molecule has 15 heavy (non-hydrogen) atoms. The molecule has 1 aliphatic heterocycles. The summed E-state index contributed by atoms with van der Waals surface area (Å²) < 4.78 is 25.9. The first-order valence-electron chi connectivity index (χ1n) is 3.87. The molecule has 0 atom stereocenters. The predicted molar refractivity (Wildman–Crippen MR) is 57.4 cm³/mol. The van der Waals surface area contributed by atoms with E-state index in [9.17, 15) is 13.3 Å². The van der Waals surface area contributed by atoms with Crippen LogP contribution in [0.4, 0.5) is 0 Å². The quantitative estimate of drug-likeness (QED) is 0.540. The van der Waals surface area contributed by atoms with Crippen LogP contribution in [0.1, 0.15) is 0 Å². The Kier molecular flexibility index (Phi) is 5.50. The van der Waals surface area contributed by atoms with Crippen molar-refractivity contribution in [3.05, 3.63) is 41.2 Å². The van der Waals surface area contributed by atoms with E-state index in [0.29, 0.717) is 6.26 Å². The highest BCUT2D eigenvalue weighted by atomic mass is 32.2. The second-order valence-corrected chi connectivity index (χ2v) is 4.17. The Morgan fingerprint density at radius 3 is 2.40 bits per heavy atom. The Morgan fingerprint density at radius 2 is 2.00 bits per heavy atom. The van der Waals surface area contributed by atoms with E-state index in [-0.39, 0.29) is 0 Å². The molecule has 0 bridgehead atoms. The standard InChI is InChI=1S/C7H8N2O.CH4O3S/c1-9-5-3-2-4-7(9)6-8-10;1-5(2,3)4/h2-6H,1H3;1H3,(H,2,3,4)/b7-6+;. The summed E-state index contributed by atoms with van der Waals surface area (Å²) in [6.45, 7) is 0. The monoisotopic (exact) mass is 232 g/mol. The number of hydrogen-bond acceptors (Lipinski definition) is 5. The molecule has 0 aromatic heterocycles. The van der Waals surface area contributed by atoms with Crippen LogP contribution in [-0.4, -0.2) is 31.2 Å². The molecule has 0 unspecified atom stereocenters. The fraction of sp³-hybridized carbons (Fsp3) is 0.250. The van der Waals surface area contributed by atoms with E-state index in [1.807, 2.05) is 36.4 Å². The molecule has 0 saturated carbocycles. The lowest BCUT2D eigenvalue weighted by atomic mass is 10.3. The van der Waals surface area contributed by atoms with E-state index in [1.54, 1.807) is 0 Å². The van der Waals surface area contributed by atoms with Gasteiger partial charge in [0, 0.05) is 13.2 Å². The number of allylic oxidation sites excluding steroid dienone is 3. The molecule has 1 heterocycles. The number of rotatable bonds is 1. The smallest absolute Gasteiger partial charge is 0.261 e. The first kappa shape index (κ1) is 13.5. The Balaban J connectivity index is 0.000000336. The highest BCUT2D eigenvalue weighted by Crippen LogP contribution is 2.08. The molecule has 0 spiro atoms. The van der Waals surface area contributed by atoms with Crippen LogP contribution < -0.4 is 0 Å². The topological polar surface area (TPSA) is 87.0 Å². The maximum Gasteiger partial charge on any atom is 0.261 e. The Bertz CT molecular complexity index is 387. The SMILES string of the molecule is CN1C=CC=C/C1=C\N=O.CS(=O)(=O)O. The fourth-order valence-electron chi connectivity index (χ4n) is 0.725. The van der Waals surface area contributed by atoms with E-state index in [0.717, 1.165) is 5.70 Å². The number of likely N-dealkylation sites (N-methyl/N-ethyl adjacent to an activating group) is 1. The van der Waals surface area contributed by atoms with E-state index in [4.69, 9.17) is 4.55 Å². The van der Waals surface area contributed by atoms with Gasteiger partial charge in [0.15, 0.2) is 0 Å². The Labute approximate surface area is 88.3 Å². The lowest BCUT2D eigenvalue weighted by molar-refractivity contribution is 0.490. The van der Waals surface area contributed by atoms with Crippen molar-refractivity contribution in [1.82, 2.24) is 4.90 Å². The largest absolute Gasteiger partial charge is 0.350 e. The zero-order valence-electron chi connectivity index (χ0n) is 8.36. The molecular weight excluding hydrogens is 220 g/mol. The molecule has 7 heteroatoms. The first-order chi connectivity index (χ1) is 6.84. The lowest BCUT2D eigenvalue weighted by Crippen LogP contribution is -2.09. The van der Waals surface area contributed by atoms with Crippen molar-refractivity contribution >= 4 is 10.1 Å². The molecule has 0 aliphatic carbocycles. The third kappa shape index (κ3) is 8.85. The number of nitrogens with zero attached hydrogens (tertiary/aromatic N) is 2. The fourth-order valence-corrected chi connectivity index (χ4v) is 0.725. The minimum absolute atomic E-state index is 0.715. The average molecular weight is 232 g/mol. The van der Waals surface area contributed by atoms with E-state index < -0.39 is 10.1 Å². The zero-order chi connectivity index (χ0) is 11.9. The van der Waals surface area contributed by atoms with Crippen molar-refractivity contribution < 1.29 is 13.0 Å². The van der Waals surface area contributed by atoms with Crippen LogP contribution in [0.25, 0.3) is 0 Å². The molecule has 0 aromatic carbocycles. The van der Waals surface area contributed by atoms with E-state index >= 15 is 0 Å². The average Bonchev–Trinajstić information content (AvgIpc) is 2.06. The molecule has 0 fully saturated rings. The minimum Gasteiger partial charge on any atom is -0.350 e. The maximum atomic E-state index is 9.81. The summed E-state index contributed by atoms with van der Waals surface area (Å²) in [5.41, 5.74) is 0.803. The summed E-state index contributed by atoms with van der Waals surface area (Å²) in [5, 5.41) is 2.67. The van der Waals surface area contributed by atoms with Gasteiger partial charge in [0.1, 0.15) is 0 Å². The van der Waals surface area contributed by atoms with Crippen molar-refractivity contribution in [2.75, 3.05) is 13.3 Å². The summed E-state index contributed by atoms with van der Waals surface area (Å²) in [7, 11) is -1.81. The van der Waals surface area contributed by atoms with Crippen molar-refractivity contribution in [2.45, 2.75) is 0 Å². The molecule has 1 N–H and O–H groups in total. The molecule has 1 rings (SSSR count). The molecule has 0 radical (unpaired) electrons. The van der Waals surface area contributed by atoms with Gasteiger partial charge >= 0.3 is 0 Å². The summed E-state index contributed by atoms with van der Waals surface area (Å²) in [5.74, 6) is 0. The normalized spacial score (nSPS) is 17.3. The third-order valence-electron chi connectivity index (χ3n) is 1.28. The number of nitroso groups, excluding NO2 is 1. The zero-order valence-corrected chi connectivity index (χ0v) is 9.18. The van der Waals surface area contributed by atoms with Gasteiger partial charge in [-0.05, 0) is 17.3 Å². The van der Waals surface area contributed by atoms with E-state index in [2.05, 4.69) is 5.18 Å². The van der Waals surface area contributed by atoms with Crippen LogP contribution in [-0.2, 0) is 10.1 Å². The second-order valence-electron chi connectivity index (χ2n) is 2.70. The molecule has 0 aromatic rings. The third-order valence-corrected chi connectivity index (χ3v) is 1.28. The van der Waals surface area contributed by atoms with Gasteiger partial charge in [-0.1, -0.05) is 6.08 Å². The van der Waals surface area contributed by atoms with Crippen LogP contribution in [0.5, 0.6) is 0 Å². The van der Waals surface area contributed by atoms with Crippen molar-refractivity contribution in [1.29, 1.82) is 0 Å². The second kappa shape index (κ2) is 6.10.